The van der Waals surface area contributed by atoms with E-state index in [0.29, 0.717) is 0 Å². The molecule has 2 aliphatic rings. The van der Waals surface area contributed by atoms with Crippen molar-refractivity contribution in [1.82, 2.24) is 10.2 Å². The van der Waals surface area contributed by atoms with E-state index in [1.807, 2.05) is 12.1 Å². The molecule has 0 radical (unpaired) electrons. The number of nitrogen functional groups attached to an aromatic ring is 1. The molecule has 5 heteroatoms. The molecule has 4 nitrogen and oxygen atoms in total. The van der Waals surface area contributed by atoms with Crippen molar-refractivity contribution in [2.75, 3.05) is 56.4 Å². The van der Waals surface area contributed by atoms with Gasteiger partial charge in [0.05, 0.1) is 10.7 Å². The monoisotopic (exact) mass is 336 g/mol. The first-order valence-corrected chi connectivity index (χ1v) is 9.33. The van der Waals surface area contributed by atoms with Crippen LogP contribution in [0.2, 0.25) is 5.02 Å². The van der Waals surface area contributed by atoms with Crippen molar-refractivity contribution in [3.63, 3.8) is 0 Å². The number of rotatable bonds is 5. The van der Waals surface area contributed by atoms with Gasteiger partial charge < -0.3 is 20.9 Å². The third kappa shape index (κ3) is 4.75. The highest BCUT2D eigenvalue weighted by molar-refractivity contribution is 6.33. The van der Waals surface area contributed by atoms with Crippen molar-refractivity contribution in [3.8, 4) is 0 Å². The lowest BCUT2D eigenvalue weighted by Crippen LogP contribution is -2.43. The van der Waals surface area contributed by atoms with E-state index >= 15 is 0 Å². The van der Waals surface area contributed by atoms with Gasteiger partial charge in [-0.25, -0.2) is 0 Å². The van der Waals surface area contributed by atoms with Crippen molar-refractivity contribution in [3.05, 3.63) is 23.2 Å². The Morgan fingerprint density at radius 1 is 1.13 bits per heavy atom. The molecule has 0 amide bonds. The number of nitrogens with zero attached hydrogens (tertiary/aromatic N) is 2. The van der Waals surface area contributed by atoms with Crippen molar-refractivity contribution in [1.29, 1.82) is 0 Å². The molecule has 0 spiro atoms. The Labute approximate surface area is 145 Å². The zero-order valence-electron chi connectivity index (χ0n) is 13.9. The van der Waals surface area contributed by atoms with Crippen LogP contribution in [0.5, 0.6) is 0 Å². The van der Waals surface area contributed by atoms with Crippen LogP contribution in [0.3, 0.4) is 0 Å². The van der Waals surface area contributed by atoms with Crippen LogP contribution in [0, 0.1) is 5.92 Å². The Balaban J connectivity index is 1.39. The van der Waals surface area contributed by atoms with Gasteiger partial charge in [-0.1, -0.05) is 11.6 Å². The molecule has 0 aliphatic carbocycles. The summed E-state index contributed by atoms with van der Waals surface area (Å²) >= 11 is 6.34. The summed E-state index contributed by atoms with van der Waals surface area (Å²) in [5.74, 6) is 0.877. The first kappa shape index (κ1) is 16.9. The predicted molar refractivity (Wildman–Crippen MR) is 99.3 cm³/mol. The van der Waals surface area contributed by atoms with Gasteiger partial charge in [0, 0.05) is 45.0 Å². The topological polar surface area (TPSA) is 44.5 Å². The van der Waals surface area contributed by atoms with Gasteiger partial charge in [-0.3, -0.25) is 0 Å². The minimum absolute atomic E-state index is 0.738. The fourth-order valence-corrected chi connectivity index (χ4v) is 4.09. The zero-order chi connectivity index (χ0) is 16.1. The number of hydrogen-bond acceptors (Lipinski definition) is 4. The molecular weight excluding hydrogens is 308 g/mol. The molecule has 3 rings (SSSR count). The van der Waals surface area contributed by atoms with Crippen molar-refractivity contribution >= 4 is 23.0 Å². The van der Waals surface area contributed by atoms with Gasteiger partial charge in [-0.15, -0.1) is 0 Å². The number of hydrogen-bond donors (Lipinski definition) is 2. The summed E-state index contributed by atoms with van der Waals surface area (Å²) in [6.07, 6.45) is 5.27. The normalized spacial score (nSPS) is 20.8. The number of piperidine rings is 1. The fraction of sp³-hybridized carbons (Fsp3) is 0.667. The molecule has 2 aliphatic heterocycles. The quantitative estimate of drug-likeness (QED) is 0.812. The third-order valence-electron chi connectivity index (χ3n) is 5.22. The molecule has 3 N–H and O–H groups in total. The molecule has 1 aromatic carbocycles. The molecule has 0 aromatic heterocycles. The lowest BCUT2D eigenvalue weighted by molar-refractivity contribution is 0.227. The maximum absolute atomic E-state index is 6.34. The highest BCUT2D eigenvalue weighted by Crippen LogP contribution is 2.32. The maximum atomic E-state index is 6.34. The van der Waals surface area contributed by atoms with E-state index in [4.69, 9.17) is 17.3 Å². The van der Waals surface area contributed by atoms with Crippen LogP contribution in [-0.4, -0.2) is 50.7 Å². The average Bonchev–Trinajstić information content (AvgIpc) is 2.57. The Morgan fingerprint density at radius 3 is 2.57 bits per heavy atom. The second-order valence-electron chi connectivity index (χ2n) is 6.88. The lowest BCUT2D eigenvalue weighted by atomic mass is 9.92. The van der Waals surface area contributed by atoms with E-state index in [1.54, 1.807) is 0 Å². The maximum Gasteiger partial charge on any atom is 0.0660 e. The number of nitrogens with two attached hydrogens (primary N) is 1. The van der Waals surface area contributed by atoms with Gasteiger partial charge in [0.2, 0.25) is 0 Å². The van der Waals surface area contributed by atoms with Gasteiger partial charge in [-0.2, -0.15) is 0 Å². The number of benzene rings is 1. The molecule has 0 saturated carbocycles. The van der Waals surface area contributed by atoms with E-state index < -0.39 is 0 Å². The average molecular weight is 337 g/mol. The molecule has 2 heterocycles. The zero-order valence-corrected chi connectivity index (χ0v) is 14.7. The number of piperazine rings is 1. The molecule has 23 heavy (non-hydrogen) atoms. The molecule has 2 fully saturated rings. The molecule has 1 aromatic rings. The largest absolute Gasteiger partial charge is 0.399 e. The highest BCUT2D eigenvalue weighted by Gasteiger charge is 2.21. The molecule has 0 unspecified atom stereocenters. The fourth-order valence-electron chi connectivity index (χ4n) is 3.78. The SMILES string of the molecule is Nc1ccc(N2CCC(CCCN3CCNCC3)CC2)c(Cl)c1. The second kappa shape index (κ2) is 8.22. The van der Waals surface area contributed by atoms with Crippen LogP contribution < -0.4 is 16.0 Å². The van der Waals surface area contributed by atoms with Gasteiger partial charge in [0.25, 0.3) is 0 Å². The van der Waals surface area contributed by atoms with Gasteiger partial charge in [-0.05, 0) is 56.3 Å². The summed E-state index contributed by atoms with van der Waals surface area (Å²) in [6, 6.07) is 5.86. The first-order chi connectivity index (χ1) is 11.2. The molecule has 128 valence electrons. The van der Waals surface area contributed by atoms with Crippen LogP contribution >= 0.6 is 11.6 Å². The smallest absolute Gasteiger partial charge is 0.0660 e. The lowest BCUT2D eigenvalue weighted by Gasteiger charge is -2.34. The van der Waals surface area contributed by atoms with Gasteiger partial charge in [0.15, 0.2) is 0 Å². The second-order valence-corrected chi connectivity index (χ2v) is 7.28. The Bertz CT molecular complexity index is 494. The molecule has 0 bridgehead atoms. The Morgan fingerprint density at radius 2 is 1.87 bits per heavy atom. The number of halogens is 1. The predicted octanol–water partition coefficient (Wildman–Crippen LogP) is 2.82. The highest BCUT2D eigenvalue weighted by atomic mass is 35.5. The van der Waals surface area contributed by atoms with Crippen molar-refractivity contribution < 1.29 is 0 Å². The number of anilines is 2. The summed E-state index contributed by atoms with van der Waals surface area (Å²) in [6.45, 7) is 8.24. The van der Waals surface area contributed by atoms with E-state index in [9.17, 15) is 0 Å². The van der Waals surface area contributed by atoms with E-state index in [1.165, 1.54) is 45.3 Å². The molecule has 0 atom stereocenters. The summed E-state index contributed by atoms with van der Waals surface area (Å²) in [4.78, 5) is 5.01. The van der Waals surface area contributed by atoms with Crippen LogP contribution in [0.25, 0.3) is 0 Å². The summed E-state index contributed by atoms with van der Waals surface area (Å²) < 4.78 is 0. The standard InChI is InChI=1S/C18H29ClN4/c19-17-14-16(20)3-4-18(17)23-10-5-15(6-11-23)2-1-9-22-12-7-21-8-13-22/h3-4,14-15,21H,1-2,5-13,20H2. The minimum Gasteiger partial charge on any atom is -0.399 e. The van der Waals surface area contributed by atoms with Crippen LogP contribution in [-0.2, 0) is 0 Å². The first-order valence-electron chi connectivity index (χ1n) is 8.95. The number of nitrogens with one attached hydrogen (secondary N) is 1. The van der Waals surface area contributed by atoms with Gasteiger partial charge in [0.1, 0.15) is 0 Å². The molecular formula is C18H29ClN4. The van der Waals surface area contributed by atoms with Crippen molar-refractivity contribution in [2.24, 2.45) is 5.92 Å². The minimum atomic E-state index is 0.738. The van der Waals surface area contributed by atoms with E-state index in [2.05, 4.69) is 21.2 Å². The van der Waals surface area contributed by atoms with E-state index in [0.717, 1.165) is 48.5 Å². The summed E-state index contributed by atoms with van der Waals surface area (Å²) in [5, 5.41) is 4.20. The van der Waals surface area contributed by atoms with Gasteiger partial charge >= 0.3 is 0 Å². The Kier molecular flexibility index (Phi) is 6.03. The van der Waals surface area contributed by atoms with Crippen LogP contribution in [0.4, 0.5) is 11.4 Å². The van der Waals surface area contributed by atoms with Crippen molar-refractivity contribution in [2.45, 2.75) is 25.7 Å². The Hall–Kier alpha value is -0.970. The molecule has 2 saturated heterocycles. The summed E-state index contributed by atoms with van der Waals surface area (Å²) in [5.41, 5.74) is 7.66. The van der Waals surface area contributed by atoms with Crippen LogP contribution in [0.1, 0.15) is 25.7 Å². The summed E-state index contributed by atoms with van der Waals surface area (Å²) in [7, 11) is 0. The van der Waals surface area contributed by atoms with Crippen LogP contribution in [0.15, 0.2) is 18.2 Å². The van der Waals surface area contributed by atoms with E-state index in [-0.39, 0.29) is 0 Å². The third-order valence-corrected chi connectivity index (χ3v) is 5.53.